The molecule has 2 N–H and O–H groups in total. The van der Waals surface area contributed by atoms with Gasteiger partial charge in [0, 0.05) is 12.2 Å². The summed E-state index contributed by atoms with van der Waals surface area (Å²) in [6, 6.07) is 15.1. The van der Waals surface area contributed by atoms with Crippen LogP contribution >= 0.6 is 0 Å². The quantitative estimate of drug-likeness (QED) is 0.743. The van der Waals surface area contributed by atoms with Gasteiger partial charge >= 0.3 is 0 Å². The van der Waals surface area contributed by atoms with Gasteiger partial charge in [-0.05, 0) is 40.6 Å². The SMILES string of the molecule is CC1=C(C(=O)NCc2ccccc2)[C@H](c2cccc(F)c2)n2nnnc2N1. The highest BCUT2D eigenvalue weighted by Gasteiger charge is 2.34. The molecule has 1 atom stereocenters. The predicted molar refractivity (Wildman–Crippen MR) is 97.0 cm³/mol. The number of allylic oxidation sites excluding steroid dienone is 1. The van der Waals surface area contributed by atoms with E-state index in [1.54, 1.807) is 19.1 Å². The van der Waals surface area contributed by atoms with Gasteiger partial charge in [-0.2, -0.15) is 4.68 Å². The van der Waals surface area contributed by atoms with Gasteiger partial charge in [-0.15, -0.1) is 0 Å². The molecule has 0 bridgehead atoms. The van der Waals surface area contributed by atoms with Crippen LogP contribution in [0.5, 0.6) is 0 Å². The Hall–Kier alpha value is -3.55. The van der Waals surface area contributed by atoms with Crippen LogP contribution in [0, 0.1) is 5.82 Å². The zero-order valence-electron chi connectivity index (χ0n) is 14.6. The number of hydrogen-bond donors (Lipinski definition) is 2. The zero-order valence-corrected chi connectivity index (χ0v) is 14.6. The minimum atomic E-state index is -0.622. The van der Waals surface area contributed by atoms with E-state index in [1.165, 1.54) is 16.8 Å². The summed E-state index contributed by atoms with van der Waals surface area (Å²) in [5.41, 5.74) is 2.64. The Morgan fingerprint density at radius 2 is 2.04 bits per heavy atom. The fourth-order valence-corrected chi connectivity index (χ4v) is 3.16. The molecule has 2 aromatic carbocycles. The van der Waals surface area contributed by atoms with Crippen molar-refractivity contribution in [1.82, 2.24) is 25.5 Å². The molecule has 0 radical (unpaired) electrons. The Kier molecular flexibility index (Phi) is 4.37. The number of anilines is 1. The highest BCUT2D eigenvalue weighted by Crippen LogP contribution is 2.34. The smallest absolute Gasteiger partial charge is 0.251 e. The van der Waals surface area contributed by atoms with Crippen LogP contribution in [-0.4, -0.2) is 26.1 Å². The molecule has 3 aromatic rings. The summed E-state index contributed by atoms with van der Waals surface area (Å²) in [5, 5.41) is 17.5. The van der Waals surface area contributed by atoms with E-state index in [0.29, 0.717) is 29.3 Å². The third-order valence-electron chi connectivity index (χ3n) is 4.42. The number of benzene rings is 2. The van der Waals surface area contributed by atoms with E-state index >= 15 is 0 Å². The second-order valence-electron chi connectivity index (χ2n) is 6.24. The summed E-state index contributed by atoms with van der Waals surface area (Å²) < 4.78 is 15.3. The van der Waals surface area contributed by atoms with Crippen molar-refractivity contribution in [3.05, 3.63) is 82.8 Å². The molecule has 0 saturated carbocycles. The maximum atomic E-state index is 13.8. The van der Waals surface area contributed by atoms with Gasteiger partial charge in [0.05, 0.1) is 5.57 Å². The average Bonchev–Trinajstić information content (AvgIpc) is 3.13. The fraction of sp³-hybridized carbons (Fsp3) is 0.158. The number of halogens is 1. The molecular formula is C19H17FN6O. The molecule has 4 rings (SSSR count). The Bertz CT molecular complexity index is 1010. The molecule has 27 heavy (non-hydrogen) atoms. The molecule has 0 saturated heterocycles. The van der Waals surface area contributed by atoms with Crippen LogP contribution in [0.15, 0.2) is 65.9 Å². The van der Waals surface area contributed by atoms with Gasteiger partial charge in [0.1, 0.15) is 11.9 Å². The lowest BCUT2D eigenvalue weighted by Crippen LogP contribution is -2.35. The maximum Gasteiger partial charge on any atom is 0.251 e. The van der Waals surface area contributed by atoms with Crippen LogP contribution in [0.3, 0.4) is 0 Å². The topological polar surface area (TPSA) is 84.7 Å². The molecule has 1 aliphatic heterocycles. The van der Waals surface area contributed by atoms with Crippen LogP contribution < -0.4 is 10.6 Å². The number of fused-ring (bicyclic) bond motifs is 1. The van der Waals surface area contributed by atoms with E-state index in [-0.39, 0.29) is 11.7 Å². The van der Waals surface area contributed by atoms with E-state index in [1.807, 2.05) is 30.3 Å². The highest BCUT2D eigenvalue weighted by molar-refractivity contribution is 5.96. The van der Waals surface area contributed by atoms with E-state index < -0.39 is 6.04 Å². The lowest BCUT2D eigenvalue weighted by molar-refractivity contribution is -0.118. The zero-order chi connectivity index (χ0) is 18.8. The van der Waals surface area contributed by atoms with Crippen molar-refractivity contribution >= 4 is 11.9 Å². The van der Waals surface area contributed by atoms with Crippen molar-refractivity contribution in [2.45, 2.75) is 19.5 Å². The van der Waals surface area contributed by atoms with E-state index in [4.69, 9.17) is 0 Å². The number of hydrogen-bond acceptors (Lipinski definition) is 5. The number of tetrazole rings is 1. The van der Waals surface area contributed by atoms with Gasteiger partial charge in [-0.3, -0.25) is 4.79 Å². The molecule has 0 fully saturated rings. The Morgan fingerprint density at radius 1 is 1.22 bits per heavy atom. The molecule has 136 valence electrons. The van der Waals surface area contributed by atoms with Gasteiger partial charge in [0.25, 0.3) is 5.91 Å². The molecule has 1 aliphatic rings. The van der Waals surface area contributed by atoms with Gasteiger partial charge in [-0.25, -0.2) is 4.39 Å². The Labute approximate surface area is 154 Å². The summed E-state index contributed by atoms with van der Waals surface area (Å²) in [4.78, 5) is 13.0. The van der Waals surface area contributed by atoms with Crippen molar-refractivity contribution in [2.75, 3.05) is 5.32 Å². The number of amides is 1. The largest absolute Gasteiger partial charge is 0.348 e. The minimum absolute atomic E-state index is 0.265. The summed E-state index contributed by atoms with van der Waals surface area (Å²) in [7, 11) is 0. The van der Waals surface area contributed by atoms with Gasteiger partial charge in [0.15, 0.2) is 0 Å². The summed E-state index contributed by atoms with van der Waals surface area (Å²) in [6.45, 7) is 2.16. The first-order valence-corrected chi connectivity index (χ1v) is 8.47. The third-order valence-corrected chi connectivity index (χ3v) is 4.42. The number of carbonyl (C=O) groups excluding carboxylic acids is 1. The summed E-state index contributed by atoms with van der Waals surface area (Å²) in [6.07, 6.45) is 0. The van der Waals surface area contributed by atoms with Crippen LogP contribution in [0.25, 0.3) is 0 Å². The molecule has 0 unspecified atom stereocenters. The standard InChI is InChI=1S/C19H17FN6O/c1-12-16(18(27)21-11-13-6-3-2-4-7-13)17(14-8-5-9-15(20)10-14)26-19(22-12)23-24-25-26/h2-10,17H,11H2,1H3,(H,21,27)(H,22,23,25)/t17-/m0/s1. The second-order valence-corrected chi connectivity index (χ2v) is 6.24. The van der Waals surface area contributed by atoms with E-state index in [2.05, 4.69) is 26.2 Å². The average molecular weight is 364 g/mol. The molecule has 8 heteroatoms. The van der Waals surface area contributed by atoms with Gasteiger partial charge in [-0.1, -0.05) is 47.6 Å². The maximum absolute atomic E-state index is 13.8. The lowest BCUT2D eigenvalue weighted by atomic mass is 9.95. The van der Waals surface area contributed by atoms with Crippen LogP contribution in [-0.2, 0) is 11.3 Å². The first-order chi connectivity index (χ1) is 13.1. The molecule has 0 aliphatic carbocycles. The first-order valence-electron chi connectivity index (χ1n) is 8.47. The van der Waals surface area contributed by atoms with Gasteiger partial charge < -0.3 is 10.6 Å². The number of aromatic nitrogens is 4. The second kappa shape index (κ2) is 6.99. The van der Waals surface area contributed by atoms with Crippen LogP contribution in [0.2, 0.25) is 0 Å². The van der Waals surface area contributed by atoms with Crippen LogP contribution in [0.4, 0.5) is 10.3 Å². The monoisotopic (exact) mass is 364 g/mol. The van der Waals surface area contributed by atoms with Gasteiger partial charge in [0.2, 0.25) is 5.95 Å². The number of carbonyl (C=O) groups is 1. The van der Waals surface area contributed by atoms with E-state index in [0.717, 1.165) is 5.56 Å². The Balaban J connectivity index is 1.69. The van der Waals surface area contributed by atoms with Crippen molar-refractivity contribution in [2.24, 2.45) is 0 Å². The minimum Gasteiger partial charge on any atom is -0.348 e. The van der Waals surface area contributed by atoms with Crippen molar-refractivity contribution < 1.29 is 9.18 Å². The van der Waals surface area contributed by atoms with Crippen molar-refractivity contribution in [3.8, 4) is 0 Å². The van der Waals surface area contributed by atoms with Crippen LogP contribution in [0.1, 0.15) is 24.1 Å². The fourth-order valence-electron chi connectivity index (χ4n) is 3.16. The number of nitrogens with zero attached hydrogens (tertiary/aromatic N) is 4. The van der Waals surface area contributed by atoms with Crippen molar-refractivity contribution in [1.29, 1.82) is 0 Å². The molecule has 0 spiro atoms. The molecule has 1 amide bonds. The summed E-state index contributed by atoms with van der Waals surface area (Å²) >= 11 is 0. The lowest BCUT2D eigenvalue weighted by Gasteiger charge is -2.28. The normalized spacial score (nSPS) is 15.9. The number of nitrogens with one attached hydrogen (secondary N) is 2. The third kappa shape index (κ3) is 3.29. The first kappa shape index (κ1) is 16.9. The molecular weight excluding hydrogens is 347 g/mol. The molecule has 2 heterocycles. The predicted octanol–water partition coefficient (Wildman–Crippen LogP) is 2.42. The molecule has 7 nitrogen and oxygen atoms in total. The van der Waals surface area contributed by atoms with E-state index in [9.17, 15) is 9.18 Å². The Morgan fingerprint density at radius 3 is 2.81 bits per heavy atom. The summed E-state index contributed by atoms with van der Waals surface area (Å²) in [5.74, 6) is -0.247. The van der Waals surface area contributed by atoms with Crippen molar-refractivity contribution in [3.63, 3.8) is 0 Å². The highest BCUT2D eigenvalue weighted by atomic mass is 19.1. The molecule has 1 aromatic heterocycles. The number of rotatable bonds is 4.